The van der Waals surface area contributed by atoms with Gasteiger partial charge in [0.15, 0.2) is 11.6 Å². The van der Waals surface area contributed by atoms with E-state index in [4.69, 9.17) is 4.74 Å². The number of aryl methyl sites for hydroxylation is 1. The average Bonchev–Trinajstić information content (AvgIpc) is 2.79. The van der Waals surface area contributed by atoms with Gasteiger partial charge in [0.05, 0.1) is 6.61 Å². The molecule has 2 aliphatic rings. The van der Waals surface area contributed by atoms with Crippen molar-refractivity contribution in [3.05, 3.63) is 41.2 Å². The molecule has 1 aromatic rings. The molecule has 1 unspecified atom stereocenters. The highest BCUT2D eigenvalue weighted by Crippen LogP contribution is 2.40. The molecule has 0 amide bonds. The largest absolute Gasteiger partial charge is 0.491 e. The van der Waals surface area contributed by atoms with Crippen molar-refractivity contribution in [2.75, 3.05) is 6.61 Å². The quantitative estimate of drug-likeness (QED) is 0.260. The minimum absolute atomic E-state index is 0.205. The summed E-state index contributed by atoms with van der Waals surface area (Å²) in [5, 5.41) is 0. The number of halogens is 1. The first-order valence-corrected chi connectivity index (χ1v) is 12.8. The van der Waals surface area contributed by atoms with Crippen molar-refractivity contribution in [3.63, 3.8) is 0 Å². The lowest BCUT2D eigenvalue weighted by atomic mass is 9.71. The van der Waals surface area contributed by atoms with Gasteiger partial charge in [-0.25, -0.2) is 4.39 Å². The predicted molar refractivity (Wildman–Crippen MR) is 126 cm³/mol. The SMILES string of the molecule is CCCCCCOc1ccc(CCC2=CCC(C3CCC(CC)CC3)CC2)cc1F. The van der Waals surface area contributed by atoms with Crippen LogP contribution in [0.5, 0.6) is 5.75 Å². The fourth-order valence-corrected chi connectivity index (χ4v) is 5.46. The van der Waals surface area contributed by atoms with Crippen molar-refractivity contribution in [2.45, 2.75) is 104 Å². The molecule has 0 aliphatic heterocycles. The topological polar surface area (TPSA) is 9.23 Å². The van der Waals surface area contributed by atoms with Crippen LogP contribution < -0.4 is 4.74 Å². The van der Waals surface area contributed by atoms with Gasteiger partial charge in [-0.2, -0.15) is 0 Å². The van der Waals surface area contributed by atoms with Gasteiger partial charge in [-0.15, -0.1) is 0 Å². The van der Waals surface area contributed by atoms with E-state index < -0.39 is 0 Å². The Bertz CT molecular complexity index is 657. The molecule has 1 atom stereocenters. The van der Waals surface area contributed by atoms with Crippen molar-refractivity contribution in [3.8, 4) is 5.75 Å². The molecule has 2 heteroatoms. The van der Waals surface area contributed by atoms with Crippen molar-refractivity contribution in [1.82, 2.24) is 0 Å². The Hall–Kier alpha value is -1.31. The van der Waals surface area contributed by atoms with E-state index in [0.29, 0.717) is 12.4 Å². The number of hydrogen-bond acceptors (Lipinski definition) is 1. The molecule has 0 spiro atoms. The standard InChI is InChI=1S/C28H43FO/c1-3-5-6-7-20-30-28-19-14-24(21-27(28)29)9-8-23-12-17-26(18-13-23)25-15-10-22(4-2)11-16-25/h12,14,19,21-22,25-26H,3-11,13,15-18,20H2,1-2H3. The van der Waals surface area contributed by atoms with Crippen molar-refractivity contribution >= 4 is 0 Å². The van der Waals surface area contributed by atoms with Gasteiger partial charge in [-0.3, -0.25) is 0 Å². The van der Waals surface area contributed by atoms with E-state index in [-0.39, 0.29) is 5.82 Å². The molecule has 0 saturated heterocycles. The van der Waals surface area contributed by atoms with Crippen LogP contribution in [0.2, 0.25) is 0 Å². The van der Waals surface area contributed by atoms with Crippen LogP contribution in [0.4, 0.5) is 4.39 Å². The number of rotatable bonds is 11. The van der Waals surface area contributed by atoms with E-state index in [9.17, 15) is 4.39 Å². The van der Waals surface area contributed by atoms with E-state index in [1.54, 1.807) is 11.6 Å². The highest BCUT2D eigenvalue weighted by molar-refractivity contribution is 5.30. The molecule has 168 valence electrons. The monoisotopic (exact) mass is 414 g/mol. The number of hydrogen-bond donors (Lipinski definition) is 0. The molecule has 1 fully saturated rings. The number of benzene rings is 1. The van der Waals surface area contributed by atoms with Gasteiger partial charge in [0.1, 0.15) is 0 Å². The van der Waals surface area contributed by atoms with Crippen LogP contribution in [0.1, 0.15) is 103 Å². The van der Waals surface area contributed by atoms with Gasteiger partial charge in [0.25, 0.3) is 0 Å². The first-order valence-electron chi connectivity index (χ1n) is 12.8. The molecule has 0 bridgehead atoms. The Labute approximate surface area is 184 Å². The van der Waals surface area contributed by atoms with Gasteiger partial charge in [-0.05, 0) is 86.8 Å². The zero-order valence-corrected chi connectivity index (χ0v) is 19.4. The summed E-state index contributed by atoms with van der Waals surface area (Å²) in [5.41, 5.74) is 2.68. The molecular weight excluding hydrogens is 371 g/mol. The first-order chi connectivity index (χ1) is 14.7. The molecule has 0 radical (unpaired) electrons. The Morgan fingerprint density at radius 3 is 2.43 bits per heavy atom. The van der Waals surface area contributed by atoms with Gasteiger partial charge in [0, 0.05) is 0 Å². The second kappa shape index (κ2) is 12.5. The van der Waals surface area contributed by atoms with Crippen LogP contribution in [0.15, 0.2) is 29.8 Å². The second-order valence-corrected chi connectivity index (χ2v) is 9.76. The summed E-state index contributed by atoms with van der Waals surface area (Å²) in [6.07, 6.45) is 20.2. The van der Waals surface area contributed by atoms with Crippen molar-refractivity contribution in [1.29, 1.82) is 0 Å². The molecule has 0 aromatic heterocycles. The molecule has 1 saturated carbocycles. The summed E-state index contributed by atoms with van der Waals surface area (Å²) in [5.74, 6) is 3.08. The third kappa shape index (κ3) is 7.13. The highest BCUT2D eigenvalue weighted by atomic mass is 19.1. The number of allylic oxidation sites excluding steroid dienone is 2. The molecule has 30 heavy (non-hydrogen) atoms. The molecule has 3 rings (SSSR count). The molecular formula is C28H43FO. The second-order valence-electron chi connectivity index (χ2n) is 9.76. The van der Waals surface area contributed by atoms with Gasteiger partial charge in [0.2, 0.25) is 0 Å². The average molecular weight is 415 g/mol. The minimum atomic E-state index is -0.205. The Kier molecular flexibility index (Phi) is 9.75. The zero-order chi connectivity index (χ0) is 21.2. The van der Waals surface area contributed by atoms with E-state index in [2.05, 4.69) is 19.9 Å². The summed E-state index contributed by atoms with van der Waals surface area (Å²) < 4.78 is 20.0. The van der Waals surface area contributed by atoms with Crippen LogP contribution in [0, 0.1) is 23.6 Å². The lowest BCUT2D eigenvalue weighted by Gasteiger charge is -2.35. The predicted octanol–water partition coefficient (Wildman–Crippen LogP) is 8.66. The molecule has 0 N–H and O–H groups in total. The minimum Gasteiger partial charge on any atom is -0.491 e. The van der Waals surface area contributed by atoms with Crippen molar-refractivity contribution in [2.24, 2.45) is 17.8 Å². The maximum atomic E-state index is 14.4. The summed E-state index contributed by atoms with van der Waals surface area (Å²) in [6.45, 7) is 5.16. The molecule has 2 aliphatic carbocycles. The van der Waals surface area contributed by atoms with Crippen LogP contribution in [0.25, 0.3) is 0 Å². The van der Waals surface area contributed by atoms with Crippen LogP contribution in [0.3, 0.4) is 0 Å². The highest BCUT2D eigenvalue weighted by Gasteiger charge is 2.27. The summed E-state index contributed by atoms with van der Waals surface area (Å²) in [6, 6.07) is 5.55. The van der Waals surface area contributed by atoms with Crippen LogP contribution in [-0.2, 0) is 6.42 Å². The zero-order valence-electron chi connectivity index (χ0n) is 19.4. The number of ether oxygens (including phenoxy) is 1. The Balaban J connectivity index is 1.39. The third-order valence-electron chi connectivity index (χ3n) is 7.67. The molecule has 1 aromatic carbocycles. The van der Waals surface area contributed by atoms with E-state index in [1.165, 1.54) is 64.2 Å². The van der Waals surface area contributed by atoms with E-state index in [1.807, 2.05) is 12.1 Å². The Morgan fingerprint density at radius 2 is 1.77 bits per heavy atom. The van der Waals surface area contributed by atoms with E-state index in [0.717, 1.165) is 49.0 Å². The summed E-state index contributed by atoms with van der Waals surface area (Å²) in [7, 11) is 0. The summed E-state index contributed by atoms with van der Waals surface area (Å²) >= 11 is 0. The fraction of sp³-hybridized carbons (Fsp3) is 0.714. The fourth-order valence-electron chi connectivity index (χ4n) is 5.46. The smallest absolute Gasteiger partial charge is 0.165 e. The molecule has 0 heterocycles. The normalized spacial score (nSPS) is 24.5. The van der Waals surface area contributed by atoms with Gasteiger partial charge < -0.3 is 4.74 Å². The van der Waals surface area contributed by atoms with Gasteiger partial charge >= 0.3 is 0 Å². The molecule has 1 nitrogen and oxygen atoms in total. The first kappa shape index (κ1) is 23.4. The van der Waals surface area contributed by atoms with Crippen LogP contribution in [-0.4, -0.2) is 6.61 Å². The maximum absolute atomic E-state index is 14.4. The Morgan fingerprint density at radius 1 is 0.933 bits per heavy atom. The third-order valence-corrected chi connectivity index (χ3v) is 7.67. The van der Waals surface area contributed by atoms with Gasteiger partial charge in [-0.1, -0.05) is 70.1 Å². The lowest BCUT2D eigenvalue weighted by Crippen LogP contribution is -2.23. The van der Waals surface area contributed by atoms with E-state index >= 15 is 0 Å². The van der Waals surface area contributed by atoms with Crippen molar-refractivity contribution < 1.29 is 9.13 Å². The number of unbranched alkanes of at least 4 members (excludes halogenated alkanes) is 3. The lowest BCUT2D eigenvalue weighted by molar-refractivity contribution is 0.189. The maximum Gasteiger partial charge on any atom is 0.165 e. The van der Waals surface area contributed by atoms with Crippen LogP contribution >= 0.6 is 0 Å². The summed E-state index contributed by atoms with van der Waals surface area (Å²) in [4.78, 5) is 0.